The van der Waals surface area contributed by atoms with Crippen LogP contribution in [0.5, 0.6) is 0 Å². The van der Waals surface area contributed by atoms with Gasteiger partial charge in [-0.1, -0.05) is 42.5 Å². The SMILES string of the molecule is C[C@H]1CCC(c2ccccc2)S(=O)(=O)N1Cc1ccc(C(=O)N2CCOC(C(=O)N(C)C)C2)cc1. The van der Waals surface area contributed by atoms with Gasteiger partial charge in [-0.3, -0.25) is 9.59 Å². The monoisotopic (exact) mass is 499 g/mol. The molecule has 3 atom stereocenters. The average Bonchev–Trinajstić information content (AvgIpc) is 2.86. The van der Waals surface area contributed by atoms with Crippen molar-refractivity contribution >= 4 is 21.8 Å². The third kappa shape index (κ3) is 5.42. The third-order valence-electron chi connectivity index (χ3n) is 6.81. The molecule has 188 valence electrons. The van der Waals surface area contributed by atoms with E-state index in [2.05, 4.69) is 0 Å². The maximum absolute atomic E-state index is 13.5. The summed E-state index contributed by atoms with van der Waals surface area (Å²) in [5, 5.41) is -0.542. The van der Waals surface area contributed by atoms with E-state index in [9.17, 15) is 18.0 Å². The van der Waals surface area contributed by atoms with Crippen LogP contribution in [0.15, 0.2) is 54.6 Å². The van der Waals surface area contributed by atoms with Crippen LogP contribution < -0.4 is 0 Å². The summed E-state index contributed by atoms with van der Waals surface area (Å²) in [6.45, 7) is 3.14. The average molecular weight is 500 g/mol. The van der Waals surface area contributed by atoms with Crippen LogP contribution in [-0.4, -0.2) is 80.3 Å². The van der Waals surface area contributed by atoms with E-state index < -0.39 is 21.4 Å². The number of sulfonamides is 1. The van der Waals surface area contributed by atoms with Gasteiger partial charge in [0.2, 0.25) is 10.0 Å². The van der Waals surface area contributed by atoms with Gasteiger partial charge in [0.05, 0.1) is 13.2 Å². The second-order valence-corrected chi connectivity index (χ2v) is 11.5. The molecule has 4 rings (SSSR count). The first-order chi connectivity index (χ1) is 16.7. The lowest BCUT2D eigenvalue weighted by Crippen LogP contribution is -2.51. The maximum Gasteiger partial charge on any atom is 0.254 e. The zero-order valence-electron chi connectivity index (χ0n) is 20.5. The highest BCUT2D eigenvalue weighted by Gasteiger charge is 2.40. The summed E-state index contributed by atoms with van der Waals surface area (Å²) in [6.07, 6.45) is 0.735. The molecular formula is C26H33N3O5S. The summed E-state index contributed by atoms with van der Waals surface area (Å²) in [6, 6.07) is 16.4. The first-order valence-corrected chi connectivity index (χ1v) is 13.5. The number of amides is 2. The molecule has 2 unspecified atom stereocenters. The molecule has 2 aromatic carbocycles. The highest BCUT2D eigenvalue weighted by Crippen LogP contribution is 2.38. The van der Waals surface area contributed by atoms with Gasteiger partial charge in [-0.2, -0.15) is 4.31 Å². The molecule has 2 heterocycles. The predicted octanol–water partition coefficient (Wildman–Crippen LogP) is 2.67. The molecule has 9 heteroatoms. The van der Waals surface area contributed by atoms with Crippen LogP contribution >= 0.6 is 0 Å². The standard InChI is InChI=1S/C26H33N3O5S/c1-19-9-14-24(21-7-5-4-6-8-21)35(32,33)29(19)17-20-10-12-22(13-11-20)25(30)28-15-16-34-23(18-28)26(31)27(2)3/h4-8,10-13,19,23-24H,9,14-18H2,1-3H3/t19-,23?,24?/m0/s1. The van der Waals surface area contributed by atoms with E-state index in [4.69, 9.17) is 4.74 Å². The van der Waals surface area contributed by atoms with E-state index in [0.29, 0.717) is 25.1 Å². The van der Waals surface area contributed by atoms with Crippen LogP contribution in [0.1, 0.15) is 46.5 Å². The van der Waals surface area contributed by atoms with Gasteiger partial charge in [0.15, 0.2) is 6.10 Å². The molecule has 0 saturated carbocycles. The molecular weight excluding hydrogens is 466 g/mol. The number of likely N-dealkylation sites (N-methyl/N-ethyl adjacent to an activating group) is 1. The van der Waals surface area contributed by atoms with E-state index >= 15 is 0 Å². The second kappa shape index (κ2) is 10.5. The van der Waals surface area contributed by atoms with Crippen LogP contribution in [0.4, 0.5) is 0 Å². The van der Waals surface area contributed by atoms with Crippen LogP contribution in [0, 0.1) is 0 Å². The fourth-order valence-electron chi connectivity index (χ4n) is 4.74. The van der Waals surface area contributed by atoms with E-state index in [0.717, 1.165) is 17.5 Å². The molecule has 2 fully saturated rings. The smallest absolute Gasteiger partial charge is 0.254 e. The maximum atomic E-state index is 13.5. The van der Waals surface area contributed by atoms with Crippen molar-refractivity contribution in [2.45, 2.75) is 43.7 Å². The highest BCUT2D eigenvalue weighted by atomic mass is 32.2. The van der Waals surface area contributed by atoms with Crippen molar-refractivity contribution in [3.8, 4) is 0 Å². The van der Waals surface area contributed by atoms with Crippen molar-refractivity contribution in [2.24, 2.45) is 0 Å². The van der Waals surface area contributed by atoms with Crippen LogP contribution in [0.3, 0.4) is 0 Å². The third-order valence-corrected chi connectivity index (χ3v) is 9.17. The lowest BCUT2D eigenvalue weighted by Gasteiger charge is -2.37. The number of nitrogens with zero attached hydrogens (tertiary/aromatic N) is 3. The Balaban J connectivity index is 1.46. The molecule has 0 radical (unpaired) electrons. The number of hydrogen-bond acceptors (Lipinski definition) is 5. The van der Waals surface area contributed by atoms with Crippen molar-refractivity contribution in [3.05, 3.63) is 71.3 Å². The van der Waals surface area contributed by atoms with Gasteiger partial charge in [0, 0.05) is 38.8 Å². The van der Waals surface area contributed by atoms with E-state index in [1.165, 1.54) is 4.90 Å². The lowest BCUT2D eigenvalue weighted by molar-refractivity contribution is -0.145. The minimum atomic E-state index is -3.52. The van der Waals surface area contributed by atoms with E-state index in [1.54, 1.807) is 35.4 Å². The molecule has 2 amide bonds. The number of ether oxygens (including phenoxy) is 1. The number of morpholine rings is 1. The van der Waals surface area contributed by atoms with Crippen molar-refractivity contribution < 1.29 is 22.7 Å². The molecule has 0 bridgehead atoms. The molecule has 0 aromatic heterocycles. The summed E-state index contributed by atoms with van der Waals surface area (Å²) in [5.74, 6) is -0.331. The molecule has 8 nitrogen and oxygen atoms in total. The highest BCUT2D eigenvalue weighted by molar-refractivity contribution is 7.89. The molecule has 0 spiro atoms. The van der Waals surface area contributed by atoms with Gasteiger partial charge in [-0.25, -0.2) is 8.42 Å². The van der Waals surface area contributed by atoms with Gasteiger partial charge < -0.3 is 14.5 Å². The quantitative estimate of drug-likeness (QED) is 0.631. The summed E-state index contributed by atoms with van der Waals surface area (Å²) in [5.41, 5.74) is 2.15. The molecule has 2 aliphatic rings. The first-order valence-electron chi connectivity index (χ1n) is 11.9. The Bertz CT molecular complexity index is 1150. The van der Waals surface area contributed by atoms with Crippen molar-refractivity contribution in [3.63, 3.8) is 0 Å². The molecule has 2 aliphatic heterocycles. The number of rotatable bonds is 5. The number of carbonyl (C=O) groups is 2. The van der Waals surface area contributed by atoms with E-state index in [1.807, 2.05) is 49.4 Å². The fourth-order valence-corrected chi connectivity index (χ4v) is 6.94. The van der Waals surface area contributed by atoms with Gasteiger partial charge in [0.25, 0.3) is 11.8 Å². The summed E-state index contributed by atoms with van der Waals surface area (Å²) < 4.78 is 34.1. The Morgan fingerprint density at radius 3 is 2.37 bits per heavy atom. The van der Waals surface area contributed by atoms with Gasteiger partial charge in [0.1, 0.15) is 5.25 Å². The topological polar surface area (TPSA) is 87.2 Å². The van der Waals surface area contributed by atoms with Gasteiger partial charge in [-0.15, -0.1) is 0 Å². The molecule has 35 heavy (non-hydrogen) atoms. The van der Waals surface area contributed by atoms with Crippen LogP contribution in [0.2, 0.25) is 0 Å². The van der Waals surface area contributed by atoms with Crippen molar-refractivity contribution in [1.29, 1.82) is 0 Å². The normalized spacial score (nSPS) is 24.7. The van der Waals surface area contributed by atoms with Gasteiger partial charge >= 0.3 is 0 Å². The lowest BCUT2D eigenvalue weighted by atomic mass is 10.0. The largest absolute Gasteiger partial charge is 0.365 e. The Hall–Kier alpha value is -2.75. The Kier molecular flexibility index (Phi) is 7.59. The Morgan fingerprint density at radius 1 is 1.03 bits per heavy atom. The Labute approximate surface area is 207 Å². The second-order valence-electron chi connectivity index (χ2n) is 9.46. The molecule has 2 aromatic rings. The number of hydrogen-bond donors (Lipinski definition) is 0. The molecule has 0 N–H and O–H groups in total. The minimum absolute atomic E-state index is 0.0965. The zero-order chi connectivity index (χ0) is 25.2. The summed E-state index contributed by atoms with van der Waals surface area (Å²) >= 11 is 0. The zero-order valence-corrected chi connectivity index (χ0v) is 21.3. The predicted molar refractivity (Wildman–Crippen MR) is 133 cm³/mol. The molecule has 2 saturated heterocycles. The number of benzene rings is 2. The molecule has 0 aliphatic carbocycles. The Morgan fingerprint density at radius 2 is 1.71 bits per heavy atom. The van der Waals surface area contributed by atoms with E-state index in [-0.39, 0.29) is 30.9 Å². The fraction of sp³-hybridized carbons (Fsp3) is 0.462. The van der Waals surface area contributed by atoms with Crippen molar-refractivity contribution in [2.75, 3.05) is 33.8 Å². The summed E-state index contributed by atoms with van der Waals surface area (Å²) in [4.78, 5) is 28.4. The van der Waals surface area contributed by atoms with Gasteiger partial charge in [-0.05, 0) is 43.0 Å². The summed E-state index contributed by atoms with van der Waals surface area (Å²) in [7, 11) is -0.195. The van der Waals surface area contributed by atoms with Crippen molar-refractivity contribution in [1.82, 2.24) is 14.1 Å². The van der Waals surface area contributed by atoms with Crippen LogP contribution in [-0.2, 0) is 26.1 Å². The number of carbonyl (C=O) groups excluding carboxylic acids is 2. The first kappa shape index (κ1) is 25.3. The minimum Gasteiger partial charge on any atom is -0.365 e. The van der Waals surface area contributed by atoms with Crippen LogP contribution in [0.25, 0.3) is 0 Å².